The van der Waals surface area contributed by atoms with E-state index in [9.17, 15) is 20.1 Å². The molecule has 0 heterocycles. The summed E-state index contributed by atoms with van der Waals surface area (Å²) in [7, 11) is 0. The molecule has 1 amide bonds. The molecule has 0 aromatic heterocycles. The molecule has 2 rings (SSSR count). The van der Waals surface area contributed by atoms with Gasteiger partial charge in [-0.2, -0.15) is 5.10 Å². The van der Waals surface area contributed by atoms with Crippen molar-refractivity contribution < 1.29 is 20.1 Å². The SMILES string of the molecule is O=C(N/N=C\c1ccc(Br)cc1)c1cc(O)c(O)c(O)c1. The summed E-state index contributed by atoms with van der Waals surface area (Å²) >= 11 is 3.30. The molecule has 108 valence electrons. The maximum atomic E-state index is 11.8. The van der Waals surface area contributed by atoms with Crippen molar-refractivity contribution >= 4 is 28.1 Å². The number of halogens is 1. The minimum atomic E-state index is -0.676. The van der Waals surface area contributed by atoms with Gasteiger partial charge in [-0.05, 0) is 29.8 Å². The van der Waals surface area contributed by atoms with Crippen LogP contribution in [0.2, 0.25) is 0 Å². The molecule has 0 saturated carbocycles. The highest BCUT2D eigenvalue weighted by atomic mass is 79.9. The van der Waals surface area contributed by atoms with Gasteiger partial charge in [0.25, 0.3) is 5.91 Å². The van der Waals surface area contributed by atoms with Crippen LogP contribution in [-0.2, 0) is 0 Å². The van der Waals surface area contributed by atoms with Gasteiger partial charge < -0.3 is 15.3 Å². The third-order valence-electron chi connectivity index (χ3n) is 2.58. The van der Waals surface area contributed by atoms with Crippen LogP contribution >= 0.6 is 15.9 Å². The van der Waals surface area contributed by atoms with Crippen molar-refractivity contribution in [3.63, 3.8) is 0 Å². The van der Waals surface area contributed by atoms with Crippen LogP contribution < -0.4 is 5.43 Å². The van der Waals surface area contributed by atoms with Crippen molar-refractivity contribution in [2.45, 2.75) is 0 Å². The van der Waals surface area contributed by atoms with Gasteiger partial charge >= 0.3 is 0 Å². The number of amides is 1. The van der Waals surface area contributed by atoms with Crippen LogP contribution in [0.25, 0.3) is 0 Å². The first-order chi connectivity index (χ1) is 9.97. The van der Waals surface area contributed by atoms with E-state index in [-0.39, 0.29) is 5.56 Å². The highest BCUT2D eigenvalue weighted by Gasteiger charge is 2.12. The quantitative estimate of drug-likeness (QED) is 0.387. The number of nitrogens with zero attached hydrogens (tertiary/aromatic N) is 1. The van der Waals surface area contributed by atoms with Gasteiger partial charge in [-0.1, -0.05) is 28.1 Å². The second-order valence-corrected chi connectivity index (χ2v) is 5.03. The summed E-state index contributed by atoms with van der Waals surface area (Å²) in [5.41, 5.74) is 3.01. The zero-order chi connectivity index (χ0) is 15.4. The number of benzene rings is 2. The summed E-state index contributed by atoms with van der Waals surface area (Å²) in [6, 6.07) is 9.33. The van der Waals surface area contributed by atoms with Crippen LogP contribution in [0.5, 0.6) is 17.2 Å². The van der Waals surface area contributed by atoms with E-state index in [1.165, 1.54) is 6.21 Å². The first-order valence-electron chi connectivity index (χ1n) is 5.81. The van der Waals surface area contributed by atoms with Crippen molar-refractivity contribution in [2.75, 3.05) is 0 Å². The molecule has 6 nitrogen and oxygen atoms in total. The van der Waals surface area contributed by atoms with Crippen molar-refractivity contribution in [3.8, 4) is 17.2 Å². The fourth-order valence-corrected chi connectivity index (χ4v) is 1.78. The standard InChI is InChI=1S/C14H11BrN2O4/c15-10-3-1-8(2-4-10)7-16-17-14(21)9-5-11(18)13(20)12(19)6-9/h1-7,18-20H,(H,17,21)/b16-7-. The molecule has 0 unspecified atom stereocenters. The summed E-state index contributed by atoms with van der Waals surface area (Å²) < 4.78 is 0.929. The Bertz CT molecular complexity index is 676. The maximum absolute atomic E-state index is 11.8. The molecule has 0 aliphatic rings. The van der Waals surface area contributed by atoms with E-state index in [4.69, 9.17) is 0 Å². The number of hydrazone groups is 1. The molecule has 21 heavy (non-hydrogen) atoms. The first kappa shape index (κ1) is 14.9. The van der Waals surface area contributed by atoms with Gasteiger partial charge in [0.05, 0.1) is 6.21 Å². The Balaban J connectivity index is 2.06. The number of nitrogens with one attached hydrogen (secondary N) is 1. The minimum absolute atomic E-state index is 0.0317. The summed E-state index contributed by atoms with van der Waals surface area (Å²) in [5.74, 6) is -2.48. The van der Waals surface area contributed by atoms with Crippen LogP contribution in [0.15, 0.2) is 46.0 Å². The van der Waals surface area contributed by atoms with Gasteiger partial charge in [-0.15, -0.1) is 0 Å². The molecule has 0 saturated heterocycles. The van der Waals surface area contributed by atoms with Crippen LogP contribution in [0.4, 0.5) is 0 Å². The molecule has 0 radical (unpaired) electrons. The Morgan fingerprint density at radius 3 is 2.24 bits per heavy atom. The number of phenolic OH excluding ortho intramolecular Hbond substituents is 3. The normalized spacial score (nSPS) is 10.7. The fraction of sp³-hybridized carbons (Fsp3) is 0. The molecule has 0 atom stereocenters. The van der Waals surface area contributed by atoms with Crippen LogP contribution in [-0.4, -0.2) is 27.4 Å². The van der Waals surface area contributed by atoms with Crippen LogP contribution in [0.3, 0.4) is 0 Å². The molecule has 0 aliphatic heterocycles. The van der Waals surface area contributed by atoms with Crippen molar-refractivity contribution in [2.24, 2.45) is 5.10 Å². The smallest absolute Gasteiger partial charge is 0.271 e. The zero-order valence-corrected chi connectivity index (χ0v) is 12.2. The Hall–Kier alpha value is -2.54. The average Bonchev–Trinajstić information content (AvgIpc) is 2.46. The monoisotopic (exact) mass is 350 g/mol. The Kier molecular flexibility index (Phi) is 4.44. The molecule has 4 N–H and O–H groups in total. The van der Waals surface area contributed by atoms with E-state index in [2.05, 4.69) is 26.5 Å². The molecule has 2 aromatic rings. The minimum Gasteiger partial charge on any atom is -0.504 e. The summed E-state index contributed by atoms with van der Waals surface area (Å²) in [4.78, 5) is 11.8. The van der Waals surface area contributed by atoms with Gasteiger partial charge in [0.15, 0.2) is 17.2 Å². The summed E-state index contributed by atoms with van der Waals surface area (Å²) in [6.07, 6.45) is 1.45. The predicted molar refractivity (Wildman–Crippen MR) is 80.6 cm³/mol. The maximum Gasteiger partial charge on any atom is 0.271 e. The molecular weight excluding hydrogens is 340 g/mol. The van der Waals surface area contributed by atoms with E-state index in [1.807, 2.05) is 12.1 Å². The predicted octanol–water partition coefficient (Wildman–Crippen LogP) is 2.33. The number of rotatable bonds is 3. The van der Waals surface area contributed by atoms with Crippen molar-refractivity contribution in [3.05, 3.63) is 52.0 Å². The van der Waals surface area contributed by atoms with Crippen LogP contribution in [0.1, 0.15) is 15.9 Å². The fourth-order valence-electron chi connectivity index (χ4n) is 1.51. The van der Waals surface area contributed by atoms with E-state index in [0.717, 1.165) is 22.2 Å². The number of hydrogen-bond acceptors (Lipinski definition) is 5. The van der Waals surface area contributed by atoms with E-state index >= 15 is 0 Å². The number of aromatic hydroxyl groups is 3. The van der Waals surface area contributed by atoms with Gasteiger partial charge in [0.2, 0.25) is 0 Å². The third-order valence-corrected chi connectivity index (χ3v) is 3.11. The first-order valence-corrected chi connectivity index (χ1v) is 6.60. The highest BCUT2D eigenvalue weighted by molar-refractivity contribution is 9.10. The second-order valence-electron chi connectivity index (χ2n) is 4.11. The van der Waals surface area contributed by atoms with E-state index in [1.54, 1.807) is 12.1 Å². The number of hydrogen-bond donors (Lipinski definition) is 4. The van der Waals surface area contributed by atoms with Crippen LogP contribution in [0, 0.1) is 0 Å². The van der Waals surface area contributed by atoms with Gasteiger partial charge in [-0.3, -0.25) is 4.79 Å². The largest absolute Gasteiger partial charge is 0.504 e. The zero-order valence-electron chi connectivity index (χ0n) is 10.6. The van der Waals surface area contributed by atoms with Gasteiger partial charge in [-0.25, -0.2) is 5.43 Å². The molecule has 7 heteroatoms. The Labute approximate surface area is 128 Å². The lowest BCUT2D eigenvalue weighted by molar-refractivity contribution is 0.0954. The van der Waals surface area contributed by atoms with E-state index in [0.29, 0.717) is 0 Å². The molecule has 0 fully saturated rings. The molecule has 0 bridgehead atoms. The van der Waals surface area contributed by atoms with E-state index < -0.39 is 23.2 Å². The van der Waals surface area contributed by atoms with Crippen molar-refractivity contribution in [1.29, 1.82) is 0 Å². The summed E-state index contributed by atoms with van der Waals surface area (Å²) in [5, 5.41) is 31.6. The Morgan fingerprint density at radius 2 is 1.67 bits per heavy atom. The van der Waals surface area contributed by atoms with Gasteiger partial charge in [0, 0.05) is 10.0 Å². The molecule has 2 aromatic carbocycles. The third kappa shape index (κ3) is 3.73. The topological polar surface area (TPSA) is 102 Å². The molecular formula is C14H11BrN2O4. The van der Waals surface area contributed by atoms with Gasteiger partial charge in [0.1, 0.15) is 0 Å². The lowest BCUT2D eigenvalue weighted by Gasteiger charge is -2.04. The number of carbonyl (C=O) groups excluding carboxylic acids is 1. The average molecular weight is 351 g/mol. The molecule has 0 spiro atoms. The lowest BCUT2D eigenvalue weighted by atomic mass is 10.2. The second kappa shape index (κ2) is 6.27. The summed E-state index contributed by atoms with van der Waals surface area (Å²) in [6.45, 7) is 0. The number of phenols is 3. The number of carbonyl (C=O) groups is 1. The molecule has 0 aliphatic carbocycles. The Morgan fingerprint density at radius 1 is 1.10 bits per heavy atom. The van der Waals surface area contributed by atoms with Crippen molar-refractivity contribution in [1.82, 2.24) is 5.43 Å². The lowest BCUT2D eigenvalue weighted by Crippen LogP contribution is -2.17. The highest BCUT2D eigenvalue weighted by Crippen LogP contribution is 2.35.